The summed E-state index contributed by atoms with van der Waals surface area (Å²) < 4.78 is 30.8. The average molecular weight is 623 g/mol. The number of para-hydroxylation sites is 2. The van der Waals surface area contributed by atoms with Gasteiger partial charge in [0.05, 0.1) is 21.6 Å². The van der Waals surface area contributed by atoms with Crippen LogP contribution in [0.2, 0.25) is 0 Å². The van der Waals surface area contributed by atoms with E-state index in [0.29, 0.717) is 23.9 Å². The summed E-state index contributed by atoms with van der Waals surface area (Å²) in [5, 5.41) is 3.61. The molecule has 9 nitrogen and oxygen atoms in total. The molecule has 1 fully saturated rings. The first kappa shape index (κ1) is 31.2. The van der Waals surface area contributed by atoms with Crippen molar-refractivity contribution in [3.8, 4) is 0 Å². The lowest BCUT2D eigenvalue weighted by Crippen LogP contribution is -2.45. The first-order valence-corrected chi connectivity index (χ1v) is 17.2. The number of nitrogens with zero attached hydrogens (tertiary/aromatic N) is 4. The zero-order chi connectivity index (χ0) is 30.6. The summed E-state index contributed by atoms with van der Waals surface area (Å²) in [5.41, 5.74) is 7.82. The summed E-state index contributed by atoms with van der Waals surface area (Å²) in [6.07, 6.45) is 3.93. The highest BCUT2D eigenvalue weighted by Crippen LogP contribution is 2.42. The number of thioether (sulfide) groups is 1. The second kappa shape index (κ2) is 13.6. The van der Waals surface area contributed by atoms with E-state index in [-0.39, 0.29) is 22.1 Å². The van der Waals surface area contributed by atoms with Crippen LogP contribution < -0.4 is 20.3 Å². The zero-order valence-corrected chi connectivity index (χ0v) is 26.8. The molecule has 5 rings (SSSR count). The normalized spacial score (nSPS) is 18.7. The Morgan fingerprint density at radius 3 is 2.47 bits per heavy atom. The number of nitrogens with two attached hydrogens (primary N) is 1. The summed E-state index contributed by atoms with van der Waals surface area (Å²) in [5.74, 6) is -0.118. The van der Waals surface area contributed by atoms with Gasteiger partial charge in [0.2, 0.25) is 5.91 Å². The molecule has 3 aromatic carbocycles. The van der Waals surface area contributed by atoms with Crippen LogP contribution in [0, 0.1) is 5.92 Å². The molecule has 1 amide bonds. The molecule has 3 N–H and O–H groups in total. The van der Waals surface area contributed by atoms with Crippen LogP contribution in [0.15, 0.2) is 77.2 Å². The number of sulfonamides is 1. The minimum absolute atomic E-state index is 0.0117. The third-order valence-electron chi connectivity index (χ3n) is 8.35. The fraction of sp³-hybridized carbons (Fsp3) is 0.406. The van der Waals surface area contributed by atoms with Gasteiger partial charge < -0.3 is 25.3 Å². The van der Waals surface area contributed by atoms with Gasteiger partial charge in [-0.05, 0) is 62.0 Å². The number of nitrogens with one attached hydrogen (secondary N) is 1. The third-order valence-corrected chi connectivity index (χ3v) is 10.9. The lowest BCUT2D eigenvalue weighted by molar-refractivity contribution is -0.118. The van der Waals surface area contributed by atoms with Crippen LogP contribution >= 0.6 is 11.8 Å². The number of carbonyl (C=O) groups excluding carboxylic acids is 1. The van der Waals surface area contributed by atoms with Crippen molar-refractivity contribution in [2.45, 2.75) is 29.5 Å². The molecule has 1 saturated heterocycles. The van der Waals surface area contributed by atoms with Crippen LogP contribution in [0.3, 0.4) is 0 Å². The molecule has 3 aromatic rings. The number of fused-ring (bicyclic) bond motifs is 1. The Labute approximate surface area is 259 Å². The SMILES string of the molecule is CN1CCN(CCC(CCC(N)=O)C2SC=CN2c2ccccc2NS(=O)(=O)c2cccc3c(N(C)C)cccc23)CC1. The molecule has 43 heavy (non-hydrogen) atoms. The van der Waals surface area contributed by atoms with Gasteiger partial charge >= 0.3 is 0 Å². The molecule has 0 aromatic heterocycles. The second-order valence-electron chi connectivity index (χ2n) is 11.6. The monoisotopic (exact) mass is 622 g/mol. The number of benzene rings is 3. The van der Waals surface area contributed by atoms with Gasteiger partial charge in [-0.1, -0.05) is 36.4 Å². The van der Waals surface area contributed by atoms with E-state index in [1.54, 1.807) is 30.0 Å². The van der Waals surface area contributed by atoms with Crippen molar-refractivity contribution in [2.75, 3.05) is 68.4 Å². The van der Waals surface area contributed by atoms with E-state index in [1.165, 1.54) is 0 Å². The Morgan fingerprint density at radius 2 is 1.72 bits per heavy atom. The summed E-state index contributed by atoms with van der Waals surface area (Å²) in [6, 6.07) is 18.6. The highest BCUT2D eigenvalue weighted by Gasteiger charge is 2.32. The van der Waals surface area contributed by atoms with E-state index >= 15 is 0 Å². The van der Waals surface area contributed by atoms with Crippen molar-refractivity contribution in [3.63, 3.8) is 0 Å². The van der Waals surface area contributed by atoms with Gasteiger partial charge in [-0.15, -0.1) is 11.8 Å². The molecule has 2 aliphatic rings. The number of hydrogen-bond acceptors (Lipinski definition) is 8. The molecule has 0 bridgehead atoms. The van der Waals surface area contributed by atoms with E-state index < -0.39 is 10.0 Å². The van der Waals surface area contributed by atoms with Crippen LogP contribution in [0.1, 0.15) is 19.3 Å². The first-order chi connectivity index (χ1) is 20.6. The van der Waals surface area contributed by atoms with Gasteiger partial charge in [0, 0.05) is 69.4 Å². The number of likely N-dealkylation sites (N-methyl/N-ethyl adjacent to an activating group) is 1. The molecule has 230 valence electrons. The Bertz CT molecular complexity index is 1570. The van der Waals surface area contributed by atoms with E-state index in [0.717, 1.165) is 55.9 Å². The van der Waals surface area contributed by atoms with Gasteiger partial charge in [0.15, 0.2) is 0 Å². The van der Waals surface area contributed by atoms with Gasteiger partial charge in [0.1, 0.15) is 0 Å². The van der Waals surface area contributed by atoms with Crippen LogP contribution in [0.4, 0.5) is 17.1 Å². The summed E-state index contributed by atoms with van der Waals surface area (Å²) in [6.45, 7) is 5.13. The van der Waals surface area contributed by atoms with Crippen molar-refractivity contribution < 1.29 is 13.2 Å². The Hall–Kier alpha value is -3.25. The second-order valence-corrected chi connectivity index (χ2v) is 14.2. The van der Waals surface area contributed by atoms with Gasteiger partial charge in [-0.2, -0.15) is 0 Å². The van der Waals surface area contributed by atoms with E-state index in [9.17, 15) is 13.2 Å². The Morgan fingerprint density at radius 1 is 1.00 bits per heavy atom. The number of primary amides is 1. The van der Waals surface area contributed by atoms with Crippen molar-refractivity contribution in [3.05, 3.63) is 72.3 Å². The predicted molar refractivity (Wildman–Crippen MR) is 179 cm³/mol. The quantitative estimate of drug-likeness (QED) is 0.303. The molecular formula is C32H42N6O3S2. The summed E-state index contributed by atoms with van der Waals surface area (Å²) >= 11 is 1.71. The maximum absolute atomic E-state index is 13.9. The topological polar surface area (TPSA) is 102 Å². The van der Waals surface area contributed by atoms with Crippen LogP contribution in [0.25, 0.3) is 10.8 Å². The fourth-order valence-corrected chi connectivity index (χ4v) is 8.41. The molecule has 11 heteroatoms. The molecule has 2 aliphatic heterocycles. The van der Waals surface area contributed by atoms with Gasteiger partial charge in [-0.3, -0.25) is 9.52 Å². The molecular weight excluding hydrogens is 581 g/mol. The van der Waals surface area contributed by atoms with Crippen molar-refractivity contribution in [1.29, 1.82) is 0 Å². The molecule has 0 aliphatic carbocycles. The highest BCUT2D eigenvalue weighted by molar-refractivity contribution is 8.03. The van der Waals surface area contributed by atoms with Crippen LogP contribution in [0.5, 0.6) is 0 Å². The van der Waals surface area contributed by atoms with E-state index in [4.69, 9.17) is 5.73 Å². The van der Waals surface area contributed by atoms with Crippen molar-refractivity contribution in [2.24, 2.45) is 11.7 Å². The largest absolute Gasteiger partial charge is 0.377 e. The summed E-state index contributed by atoms with van der Waals surface area (Å²) in [7, 11) is 2.13. The highest BCUT2D eigenvalue weighted by atomic mass is 32.2. The van der Waals surface area contributed by atoms with Crippen LogP contribution in [-0.4, -0.2) is 83.4 Å². The Kier molecular flexibility index (Phi) is 9.85. The fourth-order valence-electron chi connectivity index (χ4n) is 5.94. The molecule has 0 spiro atoms. The first-order valence-electron chi connectivity index (χ1n) is 14.7. The number of carbonyl (C=O) groups is 1. The maximum Gasteiger partial charge on any atom is 0.262 e. The standard InChI is InChI=1S/C32H42N6O3S2/c1-35(2)28-12-6-9-26-25(28)8-7-13-30(26)43(40,41)34-27-10-4-5-11-29(27)38-22-23-42-32(38)24(14-15-31(33)39)16-17-37-20-18-36(3)19-21-37/h4-13,22-24,32,34H,14-21H2,1-3H3,(H2,33,39). The third kappa shape index (κ3) is 7.29. The number of rotatable bonds is 12. The molecule has 2 unspecified atom stereocenters. The zero-order valence-electron chi connectivity index (χ0n) is 25.1. The summed E-state index contributed by atoms with van der Waals surface area (Å²) in [4.78, 5) is 21.0. The Balaban J connectivity index is 1.41. The lowest BCUT2D eigenvalue weighted by atomic mass is 9.97. The van der Waals surface area contributed by atoms with Crippen LogP contribution in [-0.2, 0) is 14.8 Å². The maximum atomic E-state index is 13.9. The van der Waals surface area contributed by atoms with E-state index in [1.807, 2.05) is 67.7 Å². The molecule has 0 saturated carbocycles. The smallest absolute Gasteiger partial charge is 0.262 e. The number of hydrogen-bond donors (Lipinski definition) is 2. The average Bonchev–Trinajstić information content (AvgIpc) is 3.47. The number of anilines is 3. The van der Waals surface area contributed by atoms with Crippen molar-refractivity contribution in [1.82, 2.24) is 9.80 Å². The van der Waals surface area contributed by atoms with E-state index in [2.05, 4.69) is 31.9 Å². The van der Waals surface area contributed by atoms with Gasteiger partial charge in [0.25, 0.3) is 10.0 Å². The minimum atomic E-state index is -3.92. The predicted octanol–water partition coefficient (Wildman–Crippen LogP) is 4.58. The molecule has 0 radical (unpaired) electrons. The lowest BCUT2D eigenvalue weighted by Gasteiger charge is -2.36. The number of amides is 1. The molecule has 2 heterocycles. The molecule has 2 atom stereocenters. The number of piperazine rings is 1. The van der Waals surface area contributed by atoms with Gasteiger partial charge in [-0.25, -0.2) is 8.42 Å². The van der Waals surface area contributed by atoms with Crippen molar-refractivity contribution >= 4 is 55.5 Å². The minimum Gasteiger partial charge on any atom is -0.377 e.